The van der Waals surface area contributed by atoms with Gasteiger partial charge < -0.3 is 27.9 Å². The molecule has 0 N–H and O–H groups in total. The minimum atomic E-state index is -4.65. The van der Waals surface area contributed by atoms with Crippen molar-refractivity contribution < 1.29 is 42.1 Å². The number of quaternary nitrogens is 1. The van der Waals surface area contributed by atoms with Crippen LogP contribution in [0.5, 0.6) is 0 Å². The van der Waals surface area contributed by atoms with Crippen LogP contribution < -0.4 is 4.89 Å². The number of rotatable bonds is 36. The van der Waals surface area contributed by atoms with Gasteiger partial charge in [-0.25, -0.2) is 0 Å². The number of likely N-dealkylation sites (N-methyl/N-ethyl adjacent to an activating group) is 1. The fourth-order valence-corrected chi connectivity index (χ4v) is 5.60. The Morgan fingerprint density at radius 1 is 0.554 bits per heavy atom. The number of allylic oxidation sites excluding steroid dienone is 16. The Bertz CT molecular complexity index is 1270. The van der Waals surface area contributed by atoms with Gasteiger partial charge in [-0.2, -0.15) is 0 Å². The molecule has 0 aromatic heterocycles. The van der Waals surface area contributed by atoms with Crippen molar-refractivity contribution in [3.8, 4) is 0 Å². The molecule has 2 atom stereocenters. The molecule has 0 bridgehead atoms. The highest BCUT2D eigenvalue weighted by Crippen LogP contribution is 2.38. The number of carbonyl (C=O) groups is 2. The first kappa shape index (κ1) is 52.9. The molecule has 318 valence electrons. The normalized spacial score (nSPS) is 14.6. The predicted molar refractivity (Wildman–Crippen MR) is 231 cm³/mol. The van der Waals surface area contributed by atoms with Crippen LogP contribution in [0.3, 0.4) is 0 Å². The zero-order chi connectivity index (χ0) is 41.4. The molecule has 1 unspecified atom stereocenters. The lowest BCUT2D eigenvalue weighted by molar-refractivity contribution is -0.870. The fraction of sp³-hybridized carbons (Fsp3) is 0.609. The van der Waals surface area contributed by atoms with Crippen LogP contribution in [0.1, 0.15) is 129 Å². The number of esters is 2. The van der Waals surface area contributed by atoms with Gasteiger partial charge in [0.1, 0.15) is 19.8 Å². The first-order valence-corrected chi connectivity index (χ1v) is 22.4. The second kappa shape index (κ2) is 37.5. The molecule has 0 heterocycles. The molecule has 10 heteroatoms. The lowest BCUT2D eigenvalue weighted by atomic mass is 10.1. The van der Waals surface area contributed by atoms with Crippen LogP contribution in [0, 0.1) is 0 Å². The highest BCUT2D eigenvalue weighted by molar-refractivity contribution is 7.45. The van der Waals surface area contributed by atoms with Crippen LogP contribution in [-0.4, -0.2) is 70.0 Å². The third-order valence-corrected chi connectivity index (χ3v) is 9.06. The summed E-state index contributed by atoms with van der Waals surface area (Å²) in [5, 5.41) is 0. The summed E-state index contributed by atoms with van der Waals surface area (Å²) >= 11 is 0. The number of hydrogen-bond donors (Lipinski definition) is 0. The van der Waals surface area contributed by atoms with E-state index in [0.717, 1.165) is 89.9 Å². The van der Waals surface area contributed by atoms with Crippen molar-refractivity contribution in [2.75, 3.05) is 47.5 Å². The van der Waals surface area contributed by atoms with E-state index in [-0.39, 0.29) is 26.1 Å². The molecule has 0 aliphatic heterocycles. The van der Waals surface area contributed by atoms with Crippen molar-refractivity contribution >= 4 is 19.8 Å². The SMILES string of the molecule is CC/C=C\C/C=C\C/C=C\C/C=C\CCCCCCC(=O)OC[C@H](COP(=O)([O-])OCC[N+](C)(C)C)OC(=O)CCCC/C=C\C/C=C\C/C=C\C/C=C\CC. The van der Waals surface area contributed by atoms with Gasteiger partial charge in [0.2, 0.25) is 0 Å². The third kappa shape index (κ3) is 40.6. The van der Waals surface area contributed by atoms with E-state index in [2.05, 4.69) is 111 Å². The molecule has 0 radical (unpaired) electrons. The molecule has 0 aromatic carbocycles. The topological polar surface area (TPSA) is 111 Å². The summed E-state index contributed by atoms with van der Waals surface area (Å²) in [7, 11) is 1.10. The van der Waals surface area contributed by atoms with Crippen molar-refractivity contribution in [1.29, 1.82) is 0 Å². The smallest absolute Gasteiger partial charge is 0.306 e. The zero-order valence-electron chi connectivity index (χ0n) is 35.5. The molecular formula is C46H76NO8P. The standard InChI is InChI=1S/C46H76NO8P/c1-6-8-10-12-14-16-18-20-22-23-25-26-28-30-32-34-36-38-45(48)52-42-44(43-54-56(50,51)53-41-40-47(3,4)5)55-46(49)39-37-35-33-31-29-27-24-21-19-17-15-13-11-9-7-2/h8-11,14-17,20-22,24-26,29,31,44H,6-7,12-13,18-19,23,27-28,30,32-43H2,1-5H3/b10-8-,11-9-,16-14-,17-15-,22-20-,24-21-,26-25-,31-29-/t44-/m1/s1. The van der Waals surface area contributed by atoms with Gasteiger partial charge in [-0.1, -0.05) is 124 Å². The quantitative estimate of drug-likeness (QED) is 0.0202. The summed E-state index contributed by atoms with van der Waals surface area (Å²) in [5.74, 6) is -0.924. The van der Waals surface area contributed by atoms with Gasteiger partial charge in [0.15, 0.2) is 6.10 Å². The number of unbranched alkanes of at least 4 members (excludes halogenated alkanes) is 6. The second-order valence-electron chi connectivity index (χ2n) is 14.6. The average Bonchev–Trinajstić information content (AvgIpc) is 3.15. The van der Waals surface area contributed by atoms with Gasteiger partial charge in [0.05, 0.1) is 27.7 Å². The minimum Gasteiger partial charge on any atom is -0.756 e. The van der Waals surface area contributed by atoms with Gasteiger partial charge in [0.25, 0.3) is 7.82 Å². The lowest BCUT2D eigenvalue weighted by Gasteiger charge is -2.28. The number of ether oxygens (including phenoxy) is 2. The van der Waals surface area contributed by atoms with Gasteiger partial charge in [-0.05, 0) is 89.9 Å². The molecule has 0 saturated heterocycles. The Morgan fingerprint density at radius 3 is 1.45 bits per heavy atom. The fourth-order valence-electron chi connectivity index (χ4n) is 4.87. The Balaban J connectivity index is 4.52. The average molecular weight is 802 g/mol. The van der Waals surface area contributed by atoms with Gasteiger partial charge in [-0.3, -0.25) is 14.2 Å². The number of carbonyl (C=O) groups excluding carboxylic acids is 2. The first-order valence-electron chi connectivity index (χ1n) is 20.9. The lowest BCUT2D eigenvalue weighted by Crippen LogP contribution is -2.37. The van der Waals surface area contributed by atoms with Crippen LogP contribution in [0.15, 0.2) is 97.2 Å². The minimum absolute atomic E-state index is 0.0492. The molecule has 0 aliphatic rings. The molecule has 0 fully saturated rings. The monoisotopic (exact) mass is 802 g/mol. The Kier molecular flexibility index (Phi) is 35.4. The van der Waals surface area contributed by atoms with Crippen LogP contribution in [0.2, 0.25) is 0 Å². The number of hydrogen-bond acceptors (Lipinski definition) is 8. The molecule has 0 saturated carbocycles. The van der Waals surface area contributed by atoms with E-state index in [4.69, 9.17) is 18.5 Å². The van der Waals surface area contributed by atoms with Crippen LogP contribution in [0.4, 0.5) is 0 Å². The van der Waals surface area contributed by atoms with Crippen molar-refractivity contribution in [2.24, 2.45) is 0 Å². The van der Waals surface area contributed by atoms with E-state index < -0.39 is 32.5 Å². The first-order chi connectivity index (χ1) is 27.0. The number of nitrogens with zero attached hydrogens (tertiary/aromatic N) is 1. The molecule has 56 heavy (non-hydrogen) atoms. The van der Waals surface area contributed by atoms with Crippen LogP contribution >= 0.6 is 7.82 Å². The van der Waals surface area contributed by atoms with Crippen molar-refractivity contribution in [2.45, 2.75) is 136 Å². The third-order valence-electron chi connectivity index (χ3n) is 8.10. The summed E-state index contributed by atoms with van der Waals surface area (Å²) in [6, 6.07) is 0. The summed E-state index contributed by atoms with van der Waals surface area (Å²) < 4.78 is 33.8. The van der Waals surface area contributed by atoms with Crippen LogP contribution in [0.25, 0.3) is 0 Å². The Hall–Kier alpha value is -3.07. The Labute approximate surface area is 341 Å². The van der Waals surface area contributed by atoms with E-state index in [1.165, 1.54) is 0 Å². The molecule has 0 rings (SSSR count). The van der Waals surface area contributed by atoms with Crippen molar-refractivity contribution in [3.05, 3.63) is 97.2 Å². The molecule has 0 aliphatic carbocycles. The van der Waals surface area contributed by atoms with Crippen LogP contribution in [-0.2, 0) is 32.7 Å². The number of phosphoric acid groups is 1. The molecular weight excluding hydrogens is 725 g/mol. The van der Waals surface area contributed by atoms with E-state index in [1.54, 1.807) is 0 Å². The maximum atomic E-state index is 12.6. The van der Waals surface area contributed by atoms with Gasteiger partial charge >= 0.3 is 11.9 Å². The molecule has 0 aromatic rings. The summed E-state index contributed by atoms with van der Waals surface area (Å²) in [6.07, 6.45) is 48.7. The van der Waals surface area contributed by atoms with Crippen molar-refractivity contribution in [3.63, 3.8) is 0 Å². The second-order valence-corrected chi connectivity index (χ2v) is 16.0. The van der Waals surface area contributed by atoms with Gasteiger partial charge in [0, 0.05) is 12.8 Å². The Morgan fingerprint density at radius 2 is 0.964 bits per heavy atom. The maximum absolute atomic E-state index is 12.6. The highest BCUT2D eigenvalue weighted by atomic mass is 31.2. The maximum Gasteiger partial charge on any atom is 0.306 e. The molecule has 0 amide bonds. The summed E-state index contributed by atoms with van der Waals surface area (Å²) in [5.41, 5.74) is 0. The molecule has 9 nitrogen and oxygen atoms in total. The molecule has 0 spiro atoms. The van der Waals surface area contributed by atoms with Crippen molar-refractivity contribution in [1.82, 2.24) is 0 Å². The van der Waals surface area contributed by atoms with E-state index in [9.17, 15) is 19.0 Å². The van der Waals surface area contributed by atoms with E-state index >= 15 is 0 Å². The zero-order valence-corrected chi connectivity index (χ0v) is 36.4. The highest BCUT2D eigenvalue weighted by Gasteiger charge is 2.21. The van der Waals surface area contributed by atoms with E-state index in [1.807, 2.05) is 21.1 Å². The van der Waals surface area contributed by atoms with Gasteiger partial charge in [-0.15, -0.1) is 0 Å². The predicted octanol–water partition coefficient (Wildman–Crippen LogP) is 11.2. The number of phosphoric ester groups is 1. The van der Waals surface area contributed by atoms with E-state index in [0.29, 0.717) is 23.9 Å². The summed E-state index contributed by atoms with van der Waals surface area (Å²) in [4.78, 5) is 37.5. The summed E-state index contributed by atoms with van der Waals surface area (Å²) in [6.45, 7) is 3.88. The largest absolute Gasteiger partial charge is 0.756 e.